The van der Waals surface area contributed by atoms with Crippen LogP contribution in [0.15, 0.2) is 0 Å². The number of carbonyl (C=O) groups excluding carboxylic acids is 1. The number of piperidine rings is 1. The zero-order valence-corrected chi connectivity index (χ0v) is 8.86. The monoisotopic (exact) mass is 195 g/mol. The average Bonchev–Trinajstić information content (AvgIpc) is 2.16. The van der Waals surface area contributed by atoms with E-state index in [0.717, 1.165) is 25.8 Å². The Morgan fingerprint density at radius 2 is 2.29 bits per heavy atom. The molecule has 0 aliphatic carbocycles. The highest BCUT2D eigenvalue weighted by Gasteiger charge is 2.26. The van der Waals surface area contributed by atoms with Crippen molar-refractivity contribution in [2.24, 2.45) is 0 Å². The van der Waals surface area contributed by atoms with E-state index in [1.807, 2.05) is 19.0 Å². The molecule has 0 aromatic rings. The van der Waals surface area contributed by atoms with E-state index >= 15 is 0 Å². The fraction of sp³-hybridized carbons (Fsp3) is 0.800. The van der Waals surface area contributed by atoms with Crippen molar-refractivity contribution in [3.05, 3.63) is 0 Å². The molecule has 1 aliphatic rings. The van der Waals surface area contributed by atoms with Gasteiger partial charge in [0, 0.05) is 6.54 Å². The van der Waals surface area contributed by atoms with Gasteiger partial charge in [-0.1, -0.05) is 0 Å². The van der Waals surface area contributed by atoms with Crippen molar-refractivity contribution in [1.29, 1.82) is 5.26 Å². The van der Waals surface area contributed by atoms with E-state index in [9.17, 15) is 4.79 Å². The molecule has 0 spiro atoms. The molecule has 14 heavy (non-hydrogen) atoms. The minimum absolute atomic E-state index is 0.0706. The van der Waals surface area contributed by atoms with Gasteiger partial charge in [-0.05, 0) is 33.4 Å². The summed E-state index contributed by atoms with van der Waals surface area (Å²) in [6.45, 7) is 1.14. The lowest BCUT2D eigenvalue weighted by Crippen LogP contribution is -2.46. The molecular weight excluding hydrogens is 178 g/mol. The van der Waals surface area contributed by atoms with Gasteiger partial charge in [0.25, 0.3) is 0 Å². The lowest BCUT2D eigenvalue weighted by molar-refractivity contribution is -0.134. The molecular formula is C10H17N3O. The first-order valence-corrected chi connectivity index (χ1v) is 4.99. The Labute approximate surface area is 85.1 Å². The molecule has 1 rings (SSSR count). The lowest BCUT2D eigenvalue weighted by Gasteiger charge is -2.32. The Balaban J connectivity index is 2.55. The topological polar surface area (TPSA) is 47.3 Å². The van der Waals surface area contributed by atoms with E-state index in [1.54, 1.807) is 4.90 Å². The van der Waals surface area contributed by atoms with Crippen molar-refractivity contribution < 1.29 is 4.79 Å². The Morgan fingerprint density at radius 1 is 1.57 bits per heavy atom. The second kappa shape index (κ2) is 4.97. The third kappa shape index (κ3) is 2.71. The van der Waals surface area contributed by atoms with E-state index in [-0.39, 0.29) is 11.9 Å². The number of nitriles is 1. The van der Waals surface area contributed by atoms with Gasteiger partial charge in [-0.3, -0.25) is 4.79 Å². The van der Waals surface area contributed by atoms with Crippen molar-refractivity contribution in [3.8, 4) is 6.07 Å². The summed E-state index contributed by atoms with van der Waals surface area (Å²) in [5.41, 5.74) is 0. The minimum atomic E-state index is -0.198. The number of amides is 1. The Kier molecular flexibility index (Phi) is 3.90. The van der Waals surface area contributed by atoms with Crippen LogP contribution in [0.25, 0.3) is 0 Å². The second-order valence-electron chi connectivity index (χ2n) is 3.97. The summed E-state index contributed by atoms with van der Waals surface area (Å²) in [6, 6.07) is 2.00. The third-order valence-electron chi connectivity index (χ3n) is 2.42. The number of likely N-dealkylation sites (tertiary alicyclic amines) is 1. The fourth-order valence-electron chi connectivity index (χ4n) is 1.73. The van der Waals surface area contributed by atoms with E-state index in [0.29, 0.717) is 6.54 Å². The summed E-state index contributed by atoms with van der Waals surface area (Å²) in [5.74, 6) is 0.0706. The van der Waals surface area contributed by atoms with Gasteiger partial charge in [-0.15, -0.1) is 0 Å². The number of hydrogen-bond acceptors (Lipinski definition) is 3. The molecule has 1 amide bonds. The van der Waals surface area contributed by atoms with Crippen LogP contribution in [0.4, 0.5) is 0 Å². The zero-order valence-electron chi connectivity index (χ0n) is 8.86. The van der Waals surface area contributed by atoms with Gasteiger partial charge in [0.15, 0.2) is 0 Å². The van der Waals surface area contributed by atoms with Crippen LogP contribution in [0, 0.1) is 11.3 Å². The Hall–Kier alpha value is -1.08. The number of hydrogen-bond donors (Lipinski definition) is 0. The fourth-order valence-corrected chi connectivity index (χ4v) is 1.73. The normalized spacial score (nSPS) is 22.1. The molecule has 1 fully saturated rings. The van der Waals surface area contributed by atoms with Crippen LogP contribution in [0.5, 0.6) is 0 Å². The maximum atomic E-state index is 11.7. The van der Waals surface area contributed by atoms with Gasteiger partial charge in [0.2, 0.25) is 5.91 Å². The van der Waals surface area contributed by atoms with Gasteiger partial charge in [0.05, 0.1) is 12.6 Å². The molecule has 0 aromatic carbocycles. The van der Waals surface area contributed by atoms with E-state index < -0.39 is 0 Å². The largest absolute Gasteiger partial charge is 0.326 e. The smallest absolute Gasteiger partial charge is 0.237 e. The molecule has 1 aliphatic heterocycles. The molecule has 0 aromatic heterocycles. The lowest BCUT2D eigenvalue weighted by atomic mass is 10.0. The van der Waals surface area contributed by atoms with Gasteiger partial charge in [-0.25, -0.2) is 0 Å². The molecule has 1 saturated heterocycles. The van der Waals surface area contributed by atoms with Crippen LogP contribution < -0.4 is 0 Å². The third-order valence-corrected chi connectivity index (χ3v) is 2.42. The first-order valence-electron chi connectivity index (χ1n) is 4.99. The summed E-state index contributed by atoms with van der Waals surface area (Å²) < 4.78 is 0. The Bertz CT molecular complexity index is 244. The van der Waals surface area contributed by atoms with Crippen molar-refractivity contribution in [3.63, 3.8) is 0 Å². The molecule has 0 N–H and O–H groups in total. The SMILES string of the molecule is CN(C)CC(=O)N1CCCCC1C#N. The number of rotatable bonds is 2. The number of likely N-dealkylation sites (N-methyl/N-ethyl adjacent to an activating group) is 1. The predicted octanol–water partition coefficient (Wildman–Crippen LogP) is 0.453. The quantitative estimate of drug-likeness (QED) is 0.643. The maximum Gasteiger partial charge on any atom is 0.237 e. The number of carbonyl (C=O) groups is 1. The molecule has 4 heteroatoms. The number of nitrogens with zero attached hydrogens (tertiary/aromatic N) is 3. The van der Waals surface area contributed by atoms with Crippen LogP contribution in [-0.4, -0.2) is 48.9 Å². The Morgan fingerprint density at radius 3 is 2.86 bits per heavy atom. The predicted molar refractivity (Wildman–Crippen MR) is 53.5 cm³/mol. The van der Waals surface area contributed by atoms with Gasteiger partial charge < -0.3 is 9.80 Å². The zero-order chi connectivity index (χ0) is 10.6. The summed E-state index contributed by atoms with van der Waals surface area (Å²) in [4.78, 5) is 15.3. The molecule has 4 nitrogen and oxygen atoms in total. The van der Waals surface area contributed by atoms with Crippen molar-refractivity contribution in [2.75, 3.05) is 27.2 Å². The highest BCUT2D eigenvalue weighted by atomic mass is 16.2. The highest BCUT2D eigenvalue weighted by Crippen LogP contribution is 2.16. The first-order chi connectivity index (χ1) is 6.65. The van der Waals surface area contributed by atoms with Crippen LogP contribution in [-0.2, 0) is 4.79 Å². The second-order valence-corrected chi connectivity index (χ2v) is 3.97. The van der Waals surface area contributed by atoms with Crippen LogP contribution in [0.1, 0.15) is 19.3 Å². The summed E-state index contributed by atoms with van der Waals surface area (Å²) in [7, 11) is 3.73. The standard InChI is InChI=1S/C10H17N3O/c1-12(2)8-10(14)13-6-4-3-5-9(13)7-11/h9H,3-6,8H2,1-2H3. The average molecular weight is 195 g/mol. The summed E-state index contributed by atoms with van der Waals surface area (Å²) in [6.07, 6.45) is 2.91. The maximum absolute atomic E-state index is 11.7. The molecule has 0 radical (unpaired) electrons. The summed E-state index contributed by atoms with van der Waals surface area (Å²) in [5, 5.41) is 8.89. The van der Waals surface area contributed by atoms with Crippen molar-refractivity contribution >= 4 is 5.91 Å². The van der Waals surface area contributed by atoms with E-state index in [1.165, 1.54) is 0 Å². The van der Waals surface area contributed by atoms with Gasteiger partial charge in [-0.2, -0.15) is 5.26 Å². The molecule has 0 bridgehead atoms. The molecule has 1 unspecified atom stereocenters. The van der Waals surface area contributed by atoms with Gasteiger partial charge in [0.1, 0.15) is 6.04 Å². The first kappa shape index (κ1) is 11.0. The van der Waals surface area contributed by atoms with E-state index in [2.05, 4.69) is 6.07 Å². The molecule has 1 atom stereocenters. The highest BCUT2D eigenvalue weighted by molar-refractivity contribution is 5.79. The minimum Gasteiger partial charge on any atom is -0.326 e. The van der Waals surface area contributed by atoms with Crippen molar-refractivity contribution in [1.82, 2.24) is 9.80 Å². The van der Waals surface area contributed by atoms with Crippen LogP contribution in [0.2, 0.25) is 0 Å². The van der Waals surface area contributed by atoms with Crippen LogP contribution >= 0.6 is 0 Å². The molecule has 1 heterocycles. The molecule has 78 valence electrons. The molecule has 0 saturated carbocycles. The summed E-state index contributed by atoms with van der Waals surface area (Å²) >= 11 is 0. The van der Waals surface area contributed by atoms with Crippen molar-refractivity contribution in [2.45, 2.75) is 25.3 Å². The van der Waals surface area contributed by atoms with Gasteiger partial charge >= 0.3 is 0 Å². The van der Waals surface area contributed by atoms with E-state index in [4.69, 9.17) is 5.26 Å². The van der Waals surface area contributed by atoms with Crippen LogP contribution in [0.3, 0.4) is 0 Å².